The maximum Gasteiger partial charge on any atom is 0.408 e. The van der Waals surface area contributed by atoms with Gasteiger partial charge in [-0.15, -0.1) is 0 Å². The van der Waals surface area contributed by atoms with Crippen LogP contribution in [0.3, 0.4) is 0 Å². The summed E-state index contributed by atoms with van der Waals surface area (Å²) in [6.45, 7) is 5.87. The Morgan fingerprint density at radius 2 is 1.83 bits per heavy atom. The number of amides is 1. The number of carbonyl (C=O) groups is 1. The fourth-order valence-electron chi connectivity index (χ4n) is 5.25. The van der Waals surface area contributed by atoms with E-state index in [2.05, 4.69) is 15.1 Å². The molecule has 1 aromatic carbocycles. The van der Waals surface area contributed by atoms with Crippen LogP contribution in [0, 0.1) is 11.8 Å². The second-order valence-electron chi connectivity index (χ2n) is 9.99. The molecule has 1 amide bonds. The zero-order chi connectivity index (χ0) is 24.8. The van der Waals surface area contributed by atoms with Crippen molar-refractivity contribution in [3.8, 4) is 0 Å². The summed E-state index contributed by atoms with van der Waals surface area (Å²) >= 11 is 5.95. The van der Waals surface area contributed by atoms with Crippen molar-refractivity contribution in [2.24, 2.45) is 11.8 Å². The smallest absolute Gasteiger partial charge is 0.408 e. The number of nitrogens with zero attached hydrogens (tertiary/aromatic N) is 3. The van der Waals surface area contributed by atoms with Gasteiger partial charge in [0.1, 0.15) is 5.82 Å². The van der Waals surface area contributed by atoms with Gasteiger partial charge >= 0.3 is 7.05 Å². The Labute approximate surface area is 213 Å². The zero-order valence-electron chi connectivity index (χ0n) is 20.4. The van der Waals surface area contributed by atoms with Crippen LogP contribution in [0.1, 0.15) is 49.3 Å². The molecule has 188 valence electrons. The van der Waals surface area contributed by atoms with Crippen LogP contribution in [0.4, 0.5) is 5.82 Å². The molecule has 2 saturated heterocycles. The molecule has 0 radical (unpaired) electrons. The molecule has 2 aliphatic heterocycles. The number of hydrogen-bond acceptors (Lipinski definition) is 6. The number of aliphatic hydroxyl groups is 1. The molecule has 0 aliphatic carbocycles. The molecule has 3 N–H and O–H groups in total. The highest BCUT2D eigenvalue weighted by atomic mass is 35.5. The number of anilines is 1. The normalized spacial score (nSPS) is 18.9. The maximum absolute atomic E-state index is 13.2. The van der Waals surface area contributed by atoms with Crippen LogP contribution in [0.2, 0.25) is 11.8 Å². The average Bonchev–Trinajstić information content (AvgIpc) is 2.85. The first-order valence-corrected chi connectivity index (χ1v) is 13.1. The van der Waals surface area contributed by atoms with Gasteiger partial charge in [-0.25, -0.2) is 4.98 Å². The number of aromatic nitrogens is 1. The zero-order valence-corrected chi connectivity index (χ0v) is 21.2. The van der Waals surface area contributed by atoms with Gasteiger partial charge in [0.25, 0.3) is 0 Å². The highest BCUT2D eigenvalue weighted by Gasteiger charge is 2.31. The van der Waals surface area contributed by atoms with E-state index in [1.165, 1.54) is 0 Å². The summed E-state index contributed by atoms with van der Waals surface area (Å²) in [5.41, 5.74) is 2.05. The number of halogens is 1. The Morgan fingerprint density at radius 3 is 2.49 bits per heavy atom. The van der Waals surface area contributed by atoms with Crippen molar-refractivity contribution in [2.45, 2.75) is 51.6 Å². The molecule has 7 nitrogen and oxygen atoms in total. The molecule has 4 rings (SSSR count). The molecule has 2 fully saturated rings. The molecule has 9 heteroatoms. The van der Waals surface area contributed by atoms with E-state index in [0.717, 1.165) is 76.0 Å². The third-order valence-corrected chi connectivity index (χ3v) is 7.51. The molecule has 1 aromatic heterocycles. The maximum atomic E-state index is 13.2. The van der Waals surface area contributed by atoms with Crippen LogP contribution in [-0.4, -0.2) is 64.1 Å². The summed E-state index contributed by atoms with van der Waals surface area (Å²) < 4.78 is 0. The van der Waals surface area contributed by atoms with Crippen LogP contribution in [-0.2, 0) is 11.3 Å². The van der Waals surface area contributed by atoms with E-state index in [-0.39, 0.29) is 5.92 Å². The lowest BCUT2D eigenvalue weighted by molar-refractivity contribution is -0.138. The van der Waals surface area contributed by atoms with E-state index in [1.54, 1.807) is 13.0 Å². The number of pyridine rings is 1. The van der Waals surface area contributed by atoms with Crippen LogP contribution in [0.5, 0.6) is 0 Å². The van der Waals surface area contributed by atoms with E-state index >= 15 is 0 Å². The Hall–Kier alpha value is -2.13. The number of carbonyl (C=O) groups excluding carboxylic acids is 1. The molecule has 1 unspecified atom stereocenters. The van der Waals surface area contributed by atoms with Gasteiger partial charge in [0.15, 0.2) is 0 Å². The van der Waals surface area contributed by atoms with E-state index in [1.807, 2.05) is 41.3 Å². The standard InChI is InChI=1S/C26H36BClN4O3/c1-27(35)30-25-17-20(6-11-29-25)18-31-12-9-22(10-13-31)26(34)32-14-7-19(8-15-32)16-24(33)21-2-4-23(28)5-3-21/h2-6,11,17,19,22,24,33,35H,7-10,12-16,18H2,1H3,(H,29,30). The molecular weight excluding hydrogens is 463 g/mol. The van der Waals surface area contributed by atoms with Gasteiger partial charge in [-0.1, -0.05) is 23.7 Å². The first-order chi connectivity index (χ1) is 16.9. The van der Waals surface area contributed by atoms with E-state index in [9.17, 15) is 14.9 Å². The molecular formula is C26H36BClN4O3. The van der Waals surface area contributed by atoms with Gasteiger partial charge in [0.05, 0.1) is 6.10 Å². The largest absolute Gasteiger partial charge is 0.433 e. The Morgan fingerprint density at radius 1 is 1.14 bits per heavy atom. The number of benzene rings is 1. The van der Waals surface area contributed by atoms with Crippen LogP contribution in [0.25, 0.3) is 0 Å². The first-order valence-electron chi connectivity index (χ1n) is 12.7. The average molecular weight is 499 g/mol. The number of piperidine rings is 2. The van der Waals surface area contributed by atoms with Crippen LogP contribution < -0.4 is 5.23 Å². The summed E-state index contributed by atoms with van der Waals surface area (Å²) in [7, 11) is -0.641. The van der Waals surface area contributed by atoms with Crippen molar-refractivity contribution in [1.29, 1.82) is 0 Å². The fourth-order valence-corrected chi connectivity index (χ4v) is 5.37. The Kier molecular flexibility index (Phi) is 9.06. The van der Waals surface area contributed by atoms with Crippen LogP contribution in [0.15, 0.2) is 42.6 Å². The van der Waals surface area contributed by atoms with Gasteiger partial charge < -0.3 is 20.3 Å². The van der Waals surface area contributed by atoms with Crippen molar-refractivity contribution >= 4 is 30.4 Å². The van der Waals surface area contributed by atoms with Gasteiger partial charge in [-0.05, 0) is 93.3 Å². The van der Waals surface area contributed by atoms with Crippen LogP contribution >= 0.6 is 11.6 Å². The molecule has 2 aromatic rings. The van der Waals surface area contributed by atoms with Gasteiger partial charge in [0, 0.05) is 36.8 Å². The van der Waals surface area contributed by atoms with Crippen molar-refractivity contribution in [1.82, 2.24) is 14.8 Å². The summed E-state index contributed by atoms with van der Waals surface area (Å²) in [6, 6.07) is 11.4. The Balaban J connectivity index is 1.19. The van der Waals surface area contributed by atoms with Gasteiger partial charge in [0.2, 0.25) is 5.91 Å². The fraction of sp³-hybridized carbons (Fsp3) is 0.538. The highest BCUT2D eigenvalue weighted by Crippen LogP contribution is 2.30. The summed E-state index contributed by atoms with van der Waals surface area (Å²) in [5, 5.41) is 23.7. The molecule has 35 heavy (non-hydrogen) atoms. The third kappa shape index (κ3) is 7.43. The number of likely N-dealkylation sites (tertiary alicyclic amines) is 2. The molecule has 2 aliphatic rings. The quantitative estimate of drug-likeness (QED) is 0.479. The molecule has 0 saturated carbocycles. The predicted molar refractivity (Wildman–Crippen MR) is 140 cm³/mol. The molecule has 0 bridgehead atoms. The lowest BCUT2D eigenvalue weighted by Crippen LogP contribution is -2.45. The SMILES string of the molecule is CB(O)Nc1cc(CN2CCC(C(=O)N3CCC(CC(O)c4ccc(Cl)cc4)CC3)CC2)ccn1. The van der Waals surface area contributed by atoms with Crippen molar-refractivity contribution in [2.75, 3.05) is 31.4 Å². The van der Waals surface area contributed by atoms with E-state index in [4.69, 9.17) is 11.6 Å². The van der Waals surface area contributed by atoms with Crippen molar-refractivity contribution in [3.63, 3.8) is 0 Å². The number of hydrogen-bond donors (Lipinski definition) is 3. The van der Waals surface area contributed by atoms with E-state index in [0.29, 0.717) is 22.7 Å². The minimum absolute atomic E-state index is 0.104. The minimum Gasteiger partial charge on any atom is -0.433 e. The number of rotatable bonds is 8. The van der Waals surface area contributed by atoms with Gasteiger partial charge in [-0.3, -0.25) is 9.69 Å². The second-order valence-corrected chi connectivity index (χ2v) is 10.4. The molecule has 1 atom stereocenters. The van der Waals surface area contributed by atoms with Gasteiger partial charge in [-0.2, -0.15) is 0 Å². The molecule has 0 spiro atoms. The van der Waals surface area contributed by atoms with Crippen molar-refractivity contribution in [3.05, 3.63) is 58.7 Å². The first kappa shape index (κ1) is 26.0. The number of aliphatic hydroxyl groups excluding tert-OH is 1. The lowest BCUT2D eigenvalue weighted by atomic mass is 9.87. The van der Waals surface area contributed by atoms with Crippen molar-refractivity contribution < 1.29 is 14.9 Å². The topological polar surface area (TPSA) is 88.9 Å². The van der Waals surface area contributed by atoms with E-state index < -0.39 is 13.2 Å². The second kappa shape index (κ2) is 12.2. The number of nitrogens with one attached hydrogen (secondary N) is 1. The monoisotopic (exact) mass is 498 g/mol. The molecule has 3 heterocycles. The Bertz CT molecular complexity index is 961. The lowest BCUT2D eigenvalue weighted by Gasteiger charge is -2.37. The minimum atomic E-state index is -0.641. The predicted octanol–water partition coefficient (Wildman–Crippen LogP) is 3.83. The summed E-state index contributed by atoms with van der Waals surface area (Å²) in [4.78, 5) is 21.8. The highest BCUT2D eigenvalue weighted by molar-refractivity contribution is 6.52. The summed E-state index contributed by atoms with van der Waals surface area (Å²) in [6.07, 6.45) is 5.67. The third-order valence-electron chi connectivity index (χ3n) is 7.26. The summed E-state index contributed by atoms with van der Waals surface area (Å²) in [5.74, 6) is 1.51.